The average molecular weight is 387 g/mol. The molecule has 27 heavy (non-hydrogen) atoms. The summed E-state index contributed by atoms with van der Waals surface area (Å²) in [5.74, 6) is -0.176. The van der Waals surface area contributed by atoms with Crippen LogP contribution in [0.5, 0.6) is 0 Å². The van der Waals surface area contributed by atoms with Crippen molar-refractivity contribution in [2.45, 2.75) is 45.7 Å². The molecule has 2 amide bonds. The zero-order valence-corrected chi connectivity index (χ0v) is 16.7. The summed E-state index contributed by atoms with van der Waals surface area (Å²) in [6, 6.07) is 16.7. The number of nitrogens with zero attached hydrogens (tertiary/aromatic N) is 1. The fourth-order valence-corrected chi connectivity index (χ4v) is 3.06. The topological polar surface area (TPSA) is 49.4 Å². The van der Waals surface area contributed by atoms with Crippen LogP contribution in [0.2, 0.25) is 5.02 Å². The lowest BCUT2D eigenvalue weighted by atomic mass is 10.1. The van der Waals surface area contributed by atoms with Crippen molar-refractivity contribution in [3.05, 3.63) is 70.7 Å². The highest BCUT2D eigenvalue weighted by molar-refractivity contribution is 6.30. The minimum absolute atomic E-state index is 0.0435. The Balaban J connectivity index is 2.11. The van der Waals surface area contributed by atoms with E-state index in [1.165, 1.54) is 0 Å². The van der Waals surface area contributed by atoms with Gasteiger partial charge in [-0.15, -0.1) is 0 Å². The second-order valence-corrected chi connectivity index (χ2v) is 7.04. The Bertz CT molecular complexity index is 749. The molecule has 1 N–H and O–H groups in total. The summed E-state index contributed by atoms with van der Waals surface area (Å²) < 4.78 is 0. The number of halogens is 1. The molecule has 0 heterocycles. The van der Waals surface area contributed by atoms with Crippen LogP contribution < -0.4 is 5.32 Å². The molecule has 0 saturated heterocycles. The maximum absolute atomic E-state index is 12.9. The van der Waals surface area contributed by atoms with Gasteiger partial charge >= 0.3 is 0 Å². The molecule has 144 valence electrons. The SMILES string of the molecule is CCCNC(=O)C(C)N(Cc1cccc(Cl)c1)C(=O)CCc1ccccc1. The molecule has 0 spiro atoms. The average Bonchev–Trinajstić information content (AvgIpc) is 2.68. The summed E-state index contributed by atoms with van der Waals surface area (Å²) in [7, 11) is 0. The van der Waals surface area contributed by atoms with Crippen LogP contribution in [0.25, 0.3) is 0 Å². The first kappa shape index (κ1) is 21.0. The van der Waals surface area contributed by atoms with Gasteiger partial charge in [0.15, 0.2) is 0 Å². The van der Waals surface area contributed by atoms with Crippen LogP contribution in [-0.4, -0.2) is 29.3 Å². The van der Waals surface area contributed by atoms with Crippen molar-refractivity contribution in [1.82, 2.24) is 10.2 Å². The van der Waals surface area contributed by atoms with E-state index in [4.69, 9.17) is 11.6 Å². The molecule has 0 aromatic heterocycles. The Morgan fingerprint density at radius 2 is 1.78 bits per heavy atom. The largest absolute Gasteiger partial charge is 0.354 e. The van der Waals surface area contributed by atoms with Crippen LogP contribution in [0.1, 0.15) is 37.8 Å². The first-order valence-electron chi connectivity index (χ1n) is 9.36. The highest BCUT2D eigenvalue weighted by Gasteiger charge is 2.25. The first-order chi connectivity index (χ1) is 13.0. The van der Waals surface area contributed by atoms with Crippen molar-refractivity contribution in [1.29, 1.82) is 0 Å². The van der Waals surface area contributed by atoms with Gasteiger partial charge in [-0.05, 0) is 43.0 Å². The number of carbonyl (C=O) groups excluding carboxylic acids is 2. The predicted octanol–water partition coefficient (Wildman–Crippen LogP) is 4.22. The number of carbonyl (C=O) groups is 2. The van der Waals surface area contributed by atoms with Gasteiger partial charge in [0.25, 0.3) is 0 Å². The van der Waals surface area contributed by atoms with E-state index in [-0.39, 0.29) is 11.8 Å². The van der Waals surface area contributed by atoms with Gasteiger partial charge < -0.3 is 10.2 Å². The number of benzene rings is 2. The standard InChI is InChI=1S/C22H27ClN2O2/c1-3-14-24-22(27)17(2)25(16-19-10-7-11-20(23)15-19)21(26)13-12-18-8-5-4-6-9-18/h4-11,15,17H,3,12-14,16H2,1-2H3,(H,24,27). The van der Waals surface area contributed by atoms with E-state index in [0.717, 1.165) is 17.5 Å². The second-order valence-electron chi connectivity index (χ2n) is 6.60. The van der Waals surface area contributed by atoms with Gasteiger partial charge in [-0.1, -0.05) is 61.0 Å². The van der Waals surface area contributed by atoms with E-state index in [1.54, 1.807) is 17.9 Å². The Morgan fingerprint density at radius 3 is 2.44 bits per heavy atom. The monoisotopic (exact) mass is 386 g/mol. The summed E-state index contributed by atoms with van der Waals surface area (Å²) >= 11 is 6.08. The minimum Gasteiger partial charge on any atom is -0.354 e. The van der Waals surface area contributed by atoms with Crippen molar-refractivity contribution in [2.24, 2.45) is 0 Å². The summed E-state index contributed by atoms with van der Waals surface area (Å²) in [6.07, 6.45) is 1.86. The molecule has 0 fully saturated rings. The molecule has 0 aliphatic heterocycles. The summed E-state index contributed by atoms with van der Waals surface area (Å²) in [5.41, 5.74) is 2.02. The molecule has 0 aliphatic carbocycles. The molecule has 1 unspecified atom stereocenters. The van der Waals surface area contributed by atoms with E-state index in [0.29, 0.717) is 31.0 Å². The zero-order chi connectivity index (χ0) is 19.6. The van der Waals surface area contributed by atoms with Crippen LogP contribution in [0.4, 0.5) is 0 Å². The van der Waals surface area contributed by atoms with E-state index < -0.39 is 6.04 Å². The lowest BCUT2D eigenvalue weighted by Gasteiger charge is -2.29. The van der Waals surface area contributed by atoms with Crippen LogP contribution in [0.15, 0.2) is 54.6 Å². The van der Waals surface area contributed by atoms with Crippen LogP contribution in [0.3, 0.4) is 0 Å². The maximum Gasteiger partial charge on any atom is 0.242 e. The third kappa shape index (κ3) is 6.72. The van der Waals surface area contributed by atoms with E-state index in [9.17, 15) is 9.59 Å². The van der Waals surface area contributed by atoms with Crippen molar-refractivity contribution in [3.63, 3.8) is 0 Å². The van der Waals surface area contributed by atoms with Gasteiger partial charge in [0.05, 0.1) is 0 Å². The fraction of sp³-hybridized carbons (Fsp3) is 0.364. The lowest BCUT2D eigenvalue weighted by molar-refractivity contribution is -0.140. The number of hydrogen-bond donors (Lipinski definition) is 1. The molecule has 1 atom stereocenters. The number of nitrogens with one attached hydrogen (secondary N) is 1. The molecular weight excluding hydrogens is 360 g/mol. The predicted molar refractivity (Wildman–Crippen MR) is 110 cm³/mol. The highest BCUT2D eigenvalue weighted by Crippen LogP contribution is 2.16. The molecule has 0 bridgehead atoms. The zero-order valence-electron chi connectivity index (χ0n) is 16.0. The third-order valence-electron chi connectivity index (χ3n) is 4.43. The molecule has 0 saturated carbocycles. The lowest BCUT2D eigenvalue weighted by Crippen LogP contribution is -2.47. The second kappa shape index (κ2) is 10.7. The van der Waals surface area contributed by atoms with Gasteiger partial charge in [0.2, 0.25) is 11.8 Å². The molecule has 2 aromatic carbocycles. The summed E-state index contributed by atoms with van der Waals surface area (Å²) in [5, 5.41) is 3.50. The van der Waals surface area contributed by atoms with Crippen molar-refractivity contribution >= 4 is 23.4 Å². The van der Waals surface area contributed by atoms with Crippen molar-refractivity contribution in [2.75, 3.05) is 6.54 Å². The first-order valence-corrected chi connectivity index (χ1v) is 9.74. The van der Waals surface area contributed by atoms with Gasteiger partial charge in [-0.3, -0.25) is 9.59 Å². The minimum atomic E-state index is -0.543. The Hall–Kier alpha value is -2.33. The molecule has 2 rings (SSSR count). The van der Waals surface area contributed by atoms with Crippen LogP contribution in [0, 0.1) is 0 Å². The third-order valence-corrected chi connectivity index (χ3v) is 4.66. The van der Waals surface area contributed by atoms with Gasteiger partial charge in [0.1, 0.15) is 6.04 Å². The maximum atomic E-state index is 12.9. The Labute approximate surface area is 166 Å². The molecule has 5 heteroatoms. The summed E-state index contributed by atoms with van der Waals surface area (Å²) in [4.78, 5) is 27.0. The molecule has 2 aromatic rings. The van der Waals surface area contributed by atoms with Crippen molar-refractivity contribution < 1.29 is 9.59 Å². The molecule has 4 nitrogen and oxygen atoms in total. The number of aryl methyl sites for hydroxylation is 1. The molecular formula is C22H27ClN2O2. The fourth-order valence-electron chi connectivity index (χ4n) is 2.85. The van der Waals surface area contributed by atoms with Gasteiger partial charge in [0, 0.05) is 24.5 Å². The Kier molecular flexibility index (Phi) is 8.34. The van der Waals surface area contributed by atoms with E-state index >= 15 is 0 Å². The van der Waals surface area contributed by atoms with Crippen molar-refractivity contribution in [3.8, 4) is 0 Å². The van der Waals surface area contributed by atoms with Gasteiger partial charge in [-0.25, -0.2) is 0 Å². The number of rotatable bonds is 9. The molecule has 0 aliphatic rings. The normalized spacial score (nSPS) is 11.7. The highest BCUT2D eigenvalue weighted by atomic mass is 35.5. The Morgan fingerprint density at radius 1 is 1.07 bits per heavy atom. The summed E-state index contributed by atoms with van der Waals surface area (Å²) in [6.45, 7) is 4.73. The van der Waals surface area contributed by atoms with Gasteiger partial charge in [-0.2, -0.15) is 0 Å². The quantitative estimate of drug-likeness (QED) is 0.701. The van der Waals surface area contributed by atoms with Crippen LogP contribution in [-0.2, 0) is 22.6 Å². The van der Waals surface area contributed by atoms with E-state index in [2.05, 4.69) is 5.32 Å². The number of amides is 2. The van der Waals surface area contributed by atoms with E-state index in [1.807, 2.05) is 55.5 Å². The smallest absolute Gasteiger partial charge is 0.242 e. The molecule has 0 radical (unpaired) electrons. The van der Waals surface area contributed by atoms with Crippen LogP contribution >= 0.6 is 11.6 Å². The number of hydrogen-bond acceptors (Lipinski definition) is 2.